The molecular formula is C26H27N3O4S. The van der Waals surface area contributed by atoms with Crippen LogP contribution in [0.1, 0.15) is 37.9 Å². The average Bonchev–Trinajstić information content (AvgIpc) is 3.30. The van der Waals surface area contributed by atoms with Gasteiger partial charge in [-0.2, -0.15) is 0 Å². The van der Waals surface area contributed by atoms with Crippen molar-refractivity contribution < 1.29 is 19.1 Å². The summed E-state index contributed by atoms with van der Waals surface area (Å²) in [6, 6.07) is 14.8. The van der Waals surface area contributed by atoms with E-state index in [4.69, 9.17) is 9.47 Å². The molecule has 1 amide bonds. The Hall–Kier alpha value is -3.52. The van der Waals surface area contributed by atoms with Crippen LogP contribution in [0.2, 0.25) is 0 Å². The van der Waals surface area contributed by atoms with E-state index in [1.165, 1.54) is 11.8 Å². The Kier molecular flexibility index (Phi) is 7.37. The predicted octanol–water partition coefficient (Wildman–Crippen LogP) is 5.03. The van der Waals surface area contributed by atoms with Gasteiger partial charge in [-0.25, -0.2) is 9.79 Å². The minimum atomic E-state index is -0.373. The number of amides is 1. The van der Waals surface area contributed by atoms with Crippen molar-refractivity contribution in [2.75, 3.05) is 18.5 Å². The van der Waals surface area contributed by atoms with Crippen LogP contribution >= 0.6 is 11.8 Å². The zero-order valence-corrected chi connectivity index (χ0v) is 20.2. The molecule has 7 nitrogen and oxygen atoms in total. The summed E-state index contributed by atoms with van der Waals surface area (Å²) in [4.78, 5) is 31.7. The fourth-order valence-corrected chi connectivity index (χ4v) is 4.72. The molecule has 0 fully saturated rings. The summed E-state index contributed by atoms with van der Waals surface area (Å²) in [7, 11) is 0. The van der Waals surface area contributed by atoms with E-state index in [0.29, 0.717) is 23.6 Å². The normalized spacial score (nSPS) is 16.7. The molecule has 0 unspecified atom stereocenters. The number of hydrogen-bond donors (Lipinski definition) is 1. The lowest BCUT2D eigenvalue weighted by molar-refractivity contribution is -0.139. The molecule has 0 aromatic heterocycles. The van der Waals surface area contributed by atoms with Crippen molar-refractivity contribution in [3.8, 4) is 5.75 Å². The second-order valence-corrected chi connectivity index (χ2v) is 8.62. The first-order chi connectivity index (χ1) is 16.5. The van der Waals surface area contributed by atoms with Gasteiger partial charge in [-0.3, -0.25) is 4.79 Å². The highest BCUT2D eigenvalue weighted by molar-refractivity contribution is 8.16. The number of ether oxygens (including phenoxy) is 2. The number of nitrogens with zero attached hydrogens (tertiary/aromatic N) is 2. The summed E-state index contributed by atoms with van der Waals surface area (Å²) >= 11 is 1.51. The number of carbonyl (C=O) groups excluding carboxylic acids is 2. The number of aliphatic imine (C=N–C) groups is 1. The van der Waals surface area contributed by atoms with Crippen LogP contribution in [0.25, 0.3) is 0 Å². The van der Waals surface area contributed by atoms with Gasteiger partial charge in [0.15, 0.2) is 11.8 Å². The topological polar surface area (TPSA) is 80.2 Å². The maximum atomic E-state index is 12.7. The number of thioether (sulfide) groups is 1. The van der Waals surface area contributed by atoms with Gasteiger partial charge in [0.25, 0.3) is 5.91 Å². The summed E-state index contributed by atoms with van der Waals surface area (Å²) < 4.78 is 11.0. The minimum Gasteiger partial charge on any atom is -0.484 e. The van der Waals surface area contributed by atoms with E-state index in [2.05, 4.69) is 10.3 Å². The predicted molar refractivity (Wildman–Crippen MR) is 134 cm³/mol. The number of allylic oxidation sites excluding steroid dienone is 1. The van der Waals surface area contributed by atoms with Crippen molar-refractivity contribution in [2.45, 2.75) is 33.2 Å². The number of anilines is 1. The summed E-state index contributed by atoms with van der Waals surface area (Å²) in [5.74, 6) is -0.0277. The molecule has 34 heavy (non-hydrogen) atoms. The average molecular weight is 478 g/mol. The number of benzene rings is 2. The van der Waals surface area contributed by atoms with Gasteiger partial charge < -0.3 is 19.7 Å². The van der Waals surface area contributed by atoms with Crippen LogP contribution in [-0.4, -0.2) is 35.2 Å². The second-order valence-electron chi connectivity index (χ2n) is 7.74. The smallest absolute Gasteiger partial charge is 0.338 e. The van der Waals surface area contributed by atoms with Gasteiger partial charge >= 0.3 is 5.97 Å². The van der Waals surface area contributed by atoms with Crippen molar-refractivity contribution in [1.29, 1.82) is 0 Å². The van der Waals surface area contributed by atoms with E-state index in [1.54, 1.807) is 19.1 Å². The lowest BCUT2D eigenvalue weighted by atomic mass is 9.95. The monoisotopic (exact) mass is 477 g/mol. The summed E-state index contributed by atoms with van der Waals surface area (Å²) in [6.07, 6.45) is 2.75. The molecule has 0 saturated heterocycles. The van der Waals surface area contributed by atoms with Crippen molar-refractivity contribution >= 4 is 34.5 Å². The Balaban J connectivity index is 1.47. The van der Waals surface area contributed by atoms with Gasteiger partial charge in [0.1, 0.15) is 5.75 Å². The lowest BCUT2D eigenvalue weighted by Crippen LogP contribution is -2.34. The molecule has 2 aromatic rings. The third-order valence-electron chi connectivity index (χ3n) is 5.55. The number of para-hydroxylation sites is 1. The largest absolute Gasteiger partial charge is 0.484 e. The van der Waals surface area contributed by atoms with Crippen molar-refractivity contribution in [2.24, 2.45) is 4.99 Å². The Labute approximate surface area is 203 Å². The Bertz CT molecular complexity index is 1170. The lowest BCUT2D eigenvalue weighted by Gasteiger charge is -2.33. The number of nitrogens with one attached hydrogen (secondary N) is 1. The molecule has 0 spiro atoms. The molecule has 0 bridgehead atoms. The quantitative estimate of drug-likeness (QED) is 0.537. The molecule has 0 saturated carbocycles. The number of carbonyl (C=O) groups is 2. The molecule has 2 aromatic carbocycles. The van der Waals surface area contributed by atoms with Crippen LogP contribution in [-0.2, 0) is 20.7 Å². The first-order valence-electron chi connectivity index (χ1n) is 11.2. The van der Waals surface area contributed by atoms with E-state index < -0.39 is 0 Å². The van der Waals surface area contributed by atoms with Crippen molar-refractivity contribution in [3.05, 3.63) is 82.5 Å². The van der Waals surface area contributed by atoms with Crippen LogP contribution < -0.4 is 10.1 Å². The number of esters is 1. The summed E-state index contributed by atoms with van der Waals surface area (Å²) in [6.45, 7) is 5.85. The van der Waals surface area contributed by atoms with Crippen LogP contribution in [0.4, 0.5) is 5.69 Å². The number of aryl methyl sites for hydroxylation is 1. The van der Waals surface area contributed by atoms with Crippen LogP contribution in [0.5, 0.6) is 5.75 Å². The van der Waals surface area contributed by atoms with Gasteiger partial charge in [-0.1, -0.05) is 49.0 Å². The highest BCUT2D eigenvalue weighted by Crippen LogP contribution is 2.41. The molecule has 4 rings (SSSR count). The van der Waals surface area contributed by atoms with E-state index in [1.807, 2.05) is 66.8 Å². The molecule has 1 atom stereocenters. The van der Waals surface area contributed by atoms with E-state index in [9.17, 15) is 9.59 Å². The third kappa shape index (κ3) is 5.02. The van der Waals surface area contributed by atoms with Gasteiger partial charge in [0.2, 0.25) is 0 Å². The molecule has 2 aliphatic rings. The Morgan fingerprint density at radius 1 is 1.12 bits per heavy atom. The maximum absolute atomic E-state index is 12.7. The zero-order chi connectivity index (χ0) is 24.1. The number of hydrogen-bond acceptors (Lipinski definition) is 7. The molecule has 0 radical (unpaired) electrons. The highest BCUT2D eigenvalue weighted by Gasteiger charge is 2.37. The van der Waals surface area contributed by atoms with Crippen molar-refractivity contribution in [3.63, 3.8) is 0 Å². The van der Waals surface area contributed by atoms with Gasteiger partial charge in [0.05, 0.1) is 23.9 Å². The molecule has 1 N–H and O–H groups in total. The number of amidine groups is 1. The summed E-state index contributed by atoms with van der Waals surface area (Å²) in [5.41, 5.74) is 3.94. The van der Waals surface area contributed by atoms with Gasteiger partial charge in [0, 0.05) is 11.9 Å². The zero-order valence-electron chi connectivity index (χ0n) is 19.4. The standard InChI is InChI=1S/C26H27N3O4S/c1-4-18-8-6-7-9-21(18)28-22(30)16-33-20-12-10-19(11-13-20)24-23(25(31)32-5-2)17(3)27-26-29(24)14-15-34-26/h6-15,24H,4-5,16H2,1-3H3,(H,28,30)/t24-/m1/s1. The fourth-order valence-electron chi connectivity index (χ4n) is 3.93. The van der Waals surface area contributed by atoms with Gasteiger partial charge in [-0.05, 0) is 55.0 Å². The maximum Gasteiger partial charge on any atom is 0.338 e. The van der Waals surface area contributed by atoms with E-state index in [-0.39, 0.29) is 24.5 Å². The molecule has 2 heterocycles. The van der Waals surface area contributed by atoms with Crippen LogP contribution in [0.3, 0.4) is 0 Å². The SMILES string of the molecule is CCOC(=O)C1=C(C)N=C2SC=CN2[C@@H]1c1ccc(OCC(=O)Nc2ccccc2CC)cc1. The fraction of sp³-hybridized carbons (Fsp3) is 0.269. The molecule has 8 heteroatoms. The number of rotatable bonds is 8. The molecular weight excluding hydrogens is 450 g/mol. The second kappa shape index (κ2) is 10.6. The first-order valence-corrected chi connectivity index (χ1v) is 12.1. The number of fused-ring (bicyclic) bond motifs is 1. The minimum absolute atomic E-state index is 0.101. The van der Waals surface area contributed by atoms with Gasteiger partial charge in [-0.15, -0.1) is 0 Å². The summed E-state index contributed by atoms with van der Waals surface area (Å²) in [5, 5.41) is 5.67. The van der Waals surface area contributed by atoms with E-state index >= 15 is 0 Å². The van der Waals surface area contributed by atoms with Crippen LogP contribution in [0, 0.1) is 0 Å². The Morgan fingerprint density at radius 2 is 1.88 bits per heavy atom. The van der Waals surface area contributed by atoms with Crippen molar-refractivity contribution in [1.82, 2.24) is 4.90 Å². The van der Waals surface area contributed by atoms with E-state index in [0.717, 1.165) is 28.4 Å². The third-order valence-corrected chi connectivity index (χ3v) is 6.32. The molecule has 0 aliphatic carbocycles. The Morgan fingerprint density at radius 3 is 2.62 bits per heavy atom. The van der Waals surface area contributed by atoms with Crippen LogP contribution in [0.15, 0.2) is 76.4 Å². The molecule has 2 aliphatic heterocycles. The molecule has 176 valence electrons. The highest BCUT2D eigenvalue weighted by atomic mass is 32.2. The first kappa shape index (κ1) is 23.6.